The predicted octanol–water partition coefficient (Wildman–Crippen LogP) is 2.79. The van der Waals surface area contributed by atoms with Crippen molar-refractivity contribution >= 4 is 35.7 Å². The minimum absolute atomic E-state index is 0.0775. The Labute approximate surface area is 126 Å². The first kappa shape index (κ1) is 15.2. The van der Waals surface area contributed by atoms with Gasteiger partial charge in [0.1, 0.15) is 16.5 Å². The van der Waals surface area contributed by atoms with Crippen LogP contribution in [-0.4, -0.2) is 18.6 Å². The Morgan fingerprint density at radius 3 is 2.70 bits per heavy atom. The van der Waals surface area contributed by atoms with Crippen LogP contribution in [0.25, 0.3) is 0 Å². The maximum atomic E-state index is 13.6. The number of aryl methyl sites for hydroxylation is 1. The van der Waals surface area contributed by atoms with Gasteiger partial charge in [-0.25, -0.2) is 12.8 Å². The molecule has 108 valence electrons. The van der Waals surface area contributed by atoms with E-state index < -0.39 is 19.8 Å². The van der Waals surface area contributed by atoms with Crippen LogP contribution in [-0.2, 0) is 15.7 Å². The Morgan fingerprint density at radius 1 is 1.45 bits per heavy atom. The second-order valence-corrected chi connectivity index (χ2v) is 7.04. The summed E-state index contributed by atoms with van der Waals surface area (Å²) in [5, 5.41) is 7.31. The zero-order valence-electron chi connectivity index (χ0n) is 9.93. The Hall–Kier alpha value is -1.19. The van der Waals surface area contributed by atoms with E-state index in [-0.39, 0.29) is 22.7 Å². The fraction of sp³-hybridized carbons (Fsp3) is 0.200. The second-order valence-electron chi connectivity index (χ2n) is 3.65. The van der Waals surface area contributed by atoms with Gasteiger partial charge in [-0.15, -0.1) is 10.2 Å². The summed E-state index contributed by atoms with van der Waals surface area (Å²) in [5.74, 6) is -0.344. The van der Waals surface area contributed by atoms with E-state index in [0.717, 1.165) is 12.1 Å². The Kier molecular flexibility index (Phi) is 4.31. The number of hydrogen-bond acceptors (Lipinski definition) is 6. The van der Waals surface area contributed by atoms with Crippen molar-refractivity contribution in [3.63, 3.8) is 0 Å². The average Bonchev–Trinajstić information content (AvgIpc) is 2.74. The molecule has 1 aromatic carbocycles. The number of aromatic nitrogens is 2. The molecule has 0 fully saturated rings. The van der Waals surface area contributed by atoms with Gasteiger partial charge in [-0.2, -0.15) is 0 Å². The predicted molar refractivity (Wildman–Crippen MR) is 70.5 cm³/mol. The molecule has 0 saturated carbocycles. The monoisotopic (exact) mass is 384 g/mol. The Bertz CT molecular complexity index is 750. The molecule has 1 aromatic heterocycles. The number of rotatable bonds is 4. The van der Waals surface area contributed by atoms with E-state index in [4.69, 9.17) is 19.8 Å². The van der Waals surface area contributed by atoms with E-state index in [0.29, 0.717) is 5.89 Å². The highest BCUT2D eigenvalue weighted by Crippen LogP contribution is 2.32. The summed E-state index contributed by atoms with van der Waals surface area (Å²) in [6.45, 7) is 1.54. The van der Waals surface area contributed by atoms with Crippen molar-refractivity contribution in [2.45, 2.75) is 18.4 Å². The van der Waals surface area contributed by atoms with Crippen molar-refractivity contribution in [3.05, 3.63) is 34.2 Å². The highest BCUT2D eigenvalue weighted by molar-refractivity contribution is 9.10. The molecule has 0 aliphatic carbocycles. The molecule has 0 saturated heterocycles. The van der Waals surface area contributed by atoms with E-state index in [1.807, 2.05) is 0 Å². The lowest BCUT2D eigenvalue weighted by molar-refractivity contribution is 0.257. The normalized spacial score (nSPS) is 11.6. The number of hydrogen-bond donors (Lipinski definition) is 0. The first-order chi connectivity index (χ1) is 9.27. The van der Waals surface area contributed by atoms with E-state index in [9.17, 15) is 12.8 Å². The highest BCUT2D eigenvalue weighted by Gasteiger charge is 2.19. The number of halogens is 3. The summed E-state index contributed by atoms with van der Waals surface area (Å²) in [5.41, 5.74) is 0. The fourth-order valence-electron chi connectivity index (χ4n) is 1.34. The van der Waals surface area contributed by atoms with Gasteiger partial charge in [-0.3, -0.25) is 0 Å². The van der Waals surface area contributed by atoms with Gasteiger partial charge < -0.3 is 9.15 Å². The molecule has 0 N–H and O–H groups in total. The van der Waals surface area contributed by atoms with Crippen LogP contribution in [0.15, 0.2) is 25.9 Å². The number of nitrogens with zero attached hydrogens (tertiary/aromatic N) is 2. The maximum Gasteiger partial charge on any atom is 0.264 e. The van der Waals surface area contributed by atoms with Crippen molar-refractivity contribution in [3.8, 4) is 5.75 Å². The van der Waals surface area contributed by atoms with Gasteiger partial charge in [0.15, 0.2) is 6.61 Å². The van der Waals surface area contributed by atoms with Gasteiger partial charge in [0.05, 0.1) is 4.47 Å². The summed E-state index contributed by atoms with van der Waals surface area (Å²) < 4.78 is 46.5. The fourth-order valence-corrected chi connectivity index (χ4v) is 2.86. The van der Waals surface area contributed by atoms with Gasteiger partial charge >= 0.3 is 0 Å². The van der Waals surface area contributed by atoms with Crippen LogP contribution in [0.3, 0.4) is 0 Å². The van der Waals surface area contributed by atoms with E-state index in [1.165, 1.54) is 0 Å². The maximum absolute atomic E-state index is 13.6. The first-order valence-corrected chi connectivity index (χ1v) is 8.23. The first-order valence-electron chi connectivity index (χ1n) is 5.13. The molecule has 1 heterocycles. The second kappa shape index (κ2) is 5.66. The average molecular weight is 386 g/mol. The van der Waals surface area contributed by atoms with Gasteiger partial charge in [-0.1, -0.05) is 0 Å². The Balaban J connectivity index is 2.23. The van der Waals surface area contributed by atoms with Gasteiger partial charge in [0, 0.05) is 23.7 Å². The molecule has 0 aliphatic heterocycles. The van der Waals surface area contributed by atoms with Gasteiger partial charge in [0.25, 0.3) is 14.9 Å². The molecule has 0 atom stereocenters. The lowest BCUT2D eigenvalue weighted by Crippen LogP contribution is -2.00. The summed E-state index contributed by atoms with van der Waals surface area (Å²) in [6, 6.07) is 1.93. The van der Waals surface area contributed by atoms with Gasteiger partial charge in [0.2, 0.25) is 5.89 Å². The third-order valence-corrected chi connectivity index (χ3v) is 4.12. The molecule has 10 heteroatoms. The van der Waals surface area contributed by atoms with Crippen molar-refractivity contribution in [1.29, 1.82) is 0 Å². The minimum atomic E-state index is -4.17. The van der Waals surface area contributed by atoms with Crippen molar-refractivity contribution in [2.75, 3.05) is 0 Å². The van der Waals surface area contributed by atoms with Crippen LogP contribution in [0.4, 0.5) is 4.39 Å². The van der Waals surface area contributed by atoms with E-state index >= 15 is 0 Å². The smallest absolute Gasteiger partial charge is 0.264 e. The van der Waals surface area contributed by atoms with Gasteiger partial charge in [-0.05, 0) is 22.0 Å². The zero-order valence-corrected chi connectivity index (χ0v) is 13.1. The molecule has 0 aliphatic rings. The summed E-state index contributed by atoms with van der Waals surface area (Å²) >= 11 is 3.07. The number of benzene rings is 1. The molecule has 0 amide bonds. The third-order valence-electron chi connectivity index (χ3n) is 2.17. The molecule has 0 bridgehead atoms. The molecule has 0 radical (unpaired) electrons. The molecule has 6 nitrogen and oxygen atoms in total. The Morgan fingerprint density at radius 2 is 2.15 bits per heavy atom. The number of ether oxygens (including phenoxy) is 1. The van der Waals surface area contributed by atoms with Crippen molar-refractivity contribution in [2.24, 2.45) is 0 Å². The third kappa shape index (κ3) is 3.47. The van der Waals surface area contributed by atoms with Crippen LogP contribution in [0.5, 0.6) is 5.75 Å². The molecule has 2 rings (SSSR count). The summed E-state index contributed by atoms with van der Waals surface area (Å²) in [4.78, 5) is -0.632. The van der Waals surface area contributed by atoms with Crippen LogP contribution in [0, 0.1) is 12.7 Å². The standard InChI is InChI=1S/C10H7BrClFN2O4S/c1-5-14-15-10(19-5)4-18-8-3-7(13)9(2-6(8)11)20(12,16)17/h2-3H,4H2,1H3. The largest absolute Gasteiger partial charge is 0.483 e. The van der Waals surface area contributed by atoms with Crippen LogP contribution >= 0.6 is 26.6 Å². The summed E-state index contributed by atoms with van der Waals surface area (Å²) in [7, 11) is 0.935. The lowest BCUT2D eigenvalue weighted by atomic mass is 10.3. The van der Waals surface area contributed by atoms with Crippen LogP contribution < -0.4 is 4.74 Å². The van der Waals surface area contributed by atoms with Crippen molar-refractivity contribution < 1.29 is 22.0 Å². The molecule has 20 heavy (non-hydrogen) atoms. The summed E-state index contributed by atoms with van der Waals surface area (Å²) in [6.07, 6.45) is 0. The highest BCUT2D eigenvalue weighted by atomic mass is 79.9. The topological polar surface area (TPSA) is 82.3 Å². The zero-order chi connectivity index (χ0) is 14.9. The lowest BCUT2D eigenvalue weighted by Gasteiger charge is -2.08. The molecule has 0 unspecified atom stereocenters. The van der Waals surface area contributed by atoms with Crippen LogP contribution in [0.1, 0.15) is 11.8 Å². The molecule has 0 spiro atoms. The minimum Gasteiger partial charge on any atom is -0.483 e. The molecule has 2 aromatic rings. The van der Waals surface area contributed by atoms with E-state index in [1.54, 1.807) is 6.92 Å². The van der Waals surface area contributed by atoms with Crippen molar-refractivity contribution in [1.82, 2.24) is 10.2 Å². The van der Waals surface area contributed by atoms with Crippen LogP contribution in [0.2, 0.25) is 0 Å². The molecular formula is C10H7BrClFN2O4S. The quantitative estimate of drug-likeness (QED) is 0.753. The SMILES string of the molecule is Cc1nnc(COc2cc(F)c(S(=O)(=O)Cl)cc2Br)o1. The van der Waals surface area contributed by atoms with E-state index in [2.05, 4.69) is 26.1 Å². The molecular weight excluding hydrogens is 379 g/mol.